The first kappa shape index (κ1) is 16.4. The van der Waals surface area contributed by atoms with Gasteiger partial charge in [0.2, 0.25) is 5.43 Å². The van der Waals surface area contributed by atoms with Crippen molar-refractivity contribution < 1.29 is 9.90 Å². The number of benzene rings is 1. The molecule has 1 saturated heterocycles. The predicted octanol–water partition coefficient (Wildman–Crippen LogP) is 2.65. The minimum Gasteiger partial charge on any atom is -0.477 e. The summed E-state index contributed by atoms with van der Waals surface area (Å²) in [6.45, 7) is 2.88. The van der Waals surface area contributed by atoms with E-state index in [1.807, 2.05) is 16.7 Å². The lowest BCUT2D eigenvalue weighted by atomic mass is 9.96. The maximum Gasteiger partial charge on any atom is 0.341 e. The molecule has 23 heavy (non-hydrogen) atoms. The van der Waals surface area contributed by atoms with Crippen LogP contribution in [0.1, 0.15) is 23.2 Å². The molecule has 1 aromatic carbocycles. The minimum atomic E-state index is -1.16. The molecule has 0 aliphatic carbocycles. The van der Waals surface area contributed by atoms with Crippen LogP contribution in [0.15, 0.2) is 29.2 Å². The number of pyridine rings is 1. The van der Waals surface area contributed by atoms with Crippen LogP contribution in [0.3, 0.4) is 0 Å². The average Bonchev–Trinajstić information content (AvgIpc) is 2.52. The third-order valence-corrected chi connectivity index (χ3v) is 5.24. The van der Waals surface area contributed by atoms with Gasteiger partial charge >= 0.3 is 5.97 Å². The Labute approximate surface area is 148 Å². The van der Waals surface area contributed by atoms with Crippen LogP contribution in [0.4, 0.5) is 0 Å². The maximum absolute atomic E-state index is 12.4. The highest BCUT2D eigenvalue weighted by Crippen LogP contribution is 2.22. The molecular weight excluding hydrogens is 407 g/mol. The molecule has 1 fully saturated rings. The van der Waals surface area contributed by atoms with Crippen molar-refractivity contribution in [2.45, 2.75) is 19.4 Å². The first-order valence-electron chi connectivity index (χ1n) is 7.70. The third-order valence-electron chi connectivity index (χ3n) is 4.57. The number of halogens is 1. The van der Waals surface area contributed by atoms with Crippen LogP contribution in [-0.4, -0.2) is 40.7 Å². The summed E-state index contributed by atoms with van der Waals surface area (Å²) in [6, 6.07) is 5.64. The van der Waals surface area contributed by atoms with Crippen LogP contribution in [0.2, 0.25) is 0 Å². The number of carboxylic acids is 1. The molecular formula is C17H19IN2O3. The smallest absolute Gasteiger partial charge is 0.341 e. The van der Waals surface area contributed by atoms with E-state index >= 15 is 0 Å². The van der Waals surface area contributed by atoms with Gasteiger partial charge in [-0.15, -0.1) is 0 Å². The minimum absolute atomic E-state index is 0.146. The zero-order chi connectivity index (χ0) is 16.6. The van der Waals surface area contributed by atoms with E-state index in [4.69, 9.17) is 0 Å². The Morgan fingerprint density at radius 1 is 1.35 bits per heavy atom. The fourth-order valence-corrected chi connectivity index (χ4v) is 3.69. The zero-order valence-electron chi connectivity index (χ0n) is 13.0. The quantitative estimate of drug-likeness (QED) is 0.767. The summed E-state index contributed by atoms with van der Waals surface area (Å²) in [5, 5.41) is 9.83. The number of hydrogen-bond donors (Lipinski definition) is 1. The molecule has 2 heterocycles. The van der Waals surface area contributed by atoms with Gasteiger partial charge in [-0.05, 0) is 79.7 Å². The Hall–Kier alpha value is -1.41. The molecule has 2 aromatic rings. The molecule has 1 aromatic heterocycles. The molecule has 5 nitrogen and oxygen atoms in total. The van der Waals surface area contributed by atoms with Gasteiger partial charge in [0.05, 0.1) is 5.52 Å². The number of nitrogens with zero attached hydrogens (tertiary/aromatic N) is 2. The van der Waals surface area contributed by atoms with E-state index in [1.54, 1.807) is 6.07 Å². The molecule has 122 valence electrons. The average molecular weight is 426 g/mol. The molecule has 3 rings (SSSR count). The number of fused-ring (bicyclic) bond motifs is 1. The van der Waals surface area contributed by atoms with E-state index in [9.17, 15) is 14.7 Å². The van der Waals surface area contributed by atoms with E-state index in [0.717, 1.165) is 41.6 Å². The Bertz CT molecular complexity index is 807. The van der Waals surface area contributed by atoms with Crippen molar-refractivity contribution in [1.82, 2.24) is 9.47 Å². The second-order valence-corrected chi connectivity index (χ2v) is 7.48. The lowest BCUT2D eigenvalue weighted by Gasteiger charge is -2.30. The molecule has 1 aliphatic rings. The number of rotatable bonds is 3. The summed E-state index contributed by atoms with van der Waals surface area (Å²) < 4.78 is 2.88. The summed E-state index contributed by atoms with van der Waals surface area (Å²) in [6.07, 6.45) is 3.70. The summed E-state index contributed by atoms with van der Waals surface area (Å²) in [5.41, 5.74) is 0.275. The first-order valence-corrected chi connectivity index (χ1v) is 8.78. The van der Waals surface area contributed by atoms with Crippen LogP contribution in [0.5, 0.6) is 0 Å². The van der Waals surface area contributed by atoms with E-state index in [-0.39, 0.29) is 5.56 Å². The first-order chi connectivity index (χ1) is 11.0. The van der Waals surface area contributed by atoms with Gasteiger partial charge in [0.1, 0.15) is 5.56 Å². The molecule has 0 bridgehead atoms. The standard InChI is InChI=1S/C17H19IN2O3/c1-19-6-4-11(5-7-19)9-20-10-14(17(22)23)16(21)13-8-12(18)2-3-15(13)20/h2-3,8,10-11H,4-7,9H2,1H3,(H,22,23). The molecule has 1 N–H and O–H groups in total. The van der Waals surface area contributed by atoms with Gasteiger partial charge in [0.15, 0.2) is 0 Å². The van der Waals surface area contributed by atoms with Crippen molar-refractivity contribution >= 4 is 39.5 Å². The highest BCUT2D eigenvalue weighted by molar-refractivity contribution is 14.1. The Morgan fingerprint density at radius 3 is 2.70 bits per heavy atom. The largest absolute Gasteiger partial charge is 0.477 e. The molecule has 0 spiro atoms. The molecule has 0 saturated carbocycles. The second-order valence-electron chi connectivity index (χ2n) is 6.24. The van der Waals surface area contributed by atoms with Gasteiger partial charge in [-0.2, -0.15) is 0 Å². The summed E-state index contributed by atoms with van der Waals surface area (Å²) >= 11 is 2.14. The summed E-state index contributed by atoms with van der Waals surface area (Å²) in [4.78, 5) is 26.1. The number of carbonyl (C=O) groups is 1. The monoisotopic (exact) mass is 426 g/mol. The van der Waals surface area contributed by atoms with Crippen molar-refractivity contribution in [2.75, 3.05) is 20.1 Å². The van der Waals surface area contributed by atoms with Crippen LogP contribution in [-0.2, 0) is 6.54 Å². The molecule has 6 heteroatoms. The zero-order valence-corrected chi connectivity index (χ0v) is 15.1. The van der Waals surface area contributed by atoms with Gasteiger partial charge in [-0.3, -0.25) is 4.79 Å². The number of likely N-dealkylation sites (tertiary alicyclic amines) is 1. The topological polar surface area (TPSA) is 62.5 Å². The second kappa shape index (κ2) is 6.60. The number of piperidine rings is 1. The molecule has 1 aliphatic heterocycles. The van der Waals surface area contributed by atoms with Crippen molar-refractivity contribution in [2.24, 2.45) is 5.92 Å². The Morgan fingerprint density at radius 2 is 2.04 bits per heavy atom. The van der Waals surface area contributed by atoms with Crippen molar-refractivity contribution in [1.29, 1.82) is 0 Å². The predicted molar refractivity (Wildman–Crippen MR) is 98.1 cm³/mol. The fraction of sp³-hybridized carbons (Fsp3) is 0.412. The molecule has 0 atom stereocenters. The van der Waals surface area contributed by atoms with Crippen LogP contribution < -0.4 is 5.43 Å². The number of carboxylic acid groups (broad SMARTS) is 1. The van der Waals surface area contributed by atoms with Gasteiger partial charge in [-0.1, -0.05) is 0 Å². The summed E-state index contributed by atoms with van der Waals surface area (Å²) in [5.74, 6) is -0.647. The van der Waals surface area contributed by atoms with E-state index in [2.05, 4.69) is 34.5 Å². The molecule has 0 amide bonds. The van der Waals surface area contributed by atoms with Gasteiger partial charge < -0.3 is 14.6 Å². The molecule has 0 radical (unpaired) electrons. The van der Waals surface area contributed by atoms with Gasteiger partial charge in [-0.25, -0.2) is 4.79 Å². The maximum atomic E-state index is 12.4. The van der Waals surface area contributed by atoms with Gasteiger partial charge in [0, 0.05) is 21.7 Å². The van der Waals surface area contributed by atoms with Crippen LogP contribution in [0, 0.1) is 9.49 Å². The number of aromatic nitrogens is 1. The third kappa shape index (κ3) is 3.42. The molecule has 0 unspecified atom stereocenters. The fourth-order valence-electron chi connectivity index (χ4n) is 3.20. The Kier molecular flexibility index (Phi) is 4.72. The van der Waals surface area contributed by atoms with Crippen LogP contribution in [0.25, 0.3) is 10.9 Å². The normalized spacial score (nSPS) is 16.8. The number of hydrogen-bond acceptors (Lipinski definition) is 3. The number of aromatic carboxylic acids is 1. The van der Waals surface area contributed by atoms with Crippen molar-refractivity contribution in [3.8, 4) is 0 Å². The van der Waals surface area contributed by atoms with Gasteiger partial charge in [0.25, 0.3) is 0 Å². The lowest BCUT2D eigenvalue weighted by Crippen LogP contribution is -2.32. The van der Waals surface area contributed by atoms with Crippen molar-refractivity contribution in [3.63, 3.8) is 0 Å². The van der Waals surface area contributed by atoms with E-state index in [0.29, 0.717) is 11.3 Å². The van der Waals surface area contributed by atoms with E-state index < -0.39 is 11.4 Å². The van der Waals surface area contributed by atoms with Crippen molar-refractivity contribution in [3.05, 3.63) is 43.8 Å². The SMILES string of the molecule is CN1CCC(Cn2cc(C(=O)O)c(=O)c3cc(I)ccc32)CC1. The van der Waals surface area contributed by atoms with E-state index in [1.165, 1.54) is 6.20 Å². The van der Waals surface area contributed by atoms with Crippen LogP contribution >= 0.6 is 22.6 Å². The highest BCUT2D eigenvalue weighted by atomic mass is 127. The highest BCUT2D eigenvalue weighted by Gasteiger charge is 2.20. The lowest BCUT2D eigenvalue weighted by molar-refractivity contribution is 0.0694. The summed E-state index contributed by atoms with van der Waals surface area (Å²) in [7, 11) is 2.12. The Balaban J connectivity index is 2.06.